The van der Waals surface area contributed by atoms with E-state index in [1.165, 1.54) is 0 Å². The van der Waals surface area contributed by atoms with Gasteiger partial charge in [0.25, 0.3) is 0 Å². The zero-order chi connectivity index (χ0) is 14.2. The van der Waals surface area contributed by atoms with Crippen LogP contribution in [0.1, 0.15) is 23.3 Å². The fourth-order valence-corrected chi connectivity index (χ4v) is 2.00. The molecule has 0 bridgehead atoms. The predicted molar refractivity (Wildman–Crippen MR) is 76.0 cm³/mol. The highest BCUT2D eigenvalue weighted by molar-refractivity contribution is 5.76. The first-order valence-electron chi connectivity index (χ1n) is 6.64. The molecular weight excluding hydrogens is 254 g/mol. The number of benzene rings is 1. The molecule has 2 rings (SSSR count). The lowest BCUT2D eigenvalue weighted by Crippen LogP contribution is -2.23. The normalized spacial score (nSPS) is 10.4. The SMILES string of the molecule is COCc1ccccc1CNC(=O)CCc1ccco1. The Morgan fingerprint density at radius 1 is 1.20 bits per heavy atom. The van der Waals surface area contributed by atoms with Crippen molar-refractivity contribution in [3.63, 3.8) is 0 Å². The Morgan fingerprint density at radius 2 is 2.00 bits per heavy atom. The molecule has 0 spiro atoms. The van der Waals surface area contributed by atoms with E-state index in [1.807, 2.05) is 36.4 Å². The molecule has 1 N–H and O–H groups in total. The third kappa shape index (κ3) is 4.24. The van der Waals surface area contributed by atoms with Gasteiger partial charge in [0.15, 0.2) is 0 Å². The fourth-order valence-electron chi connectivity index (χ4n) is 2.00. The number of furan rings is 1. The van der Waals surface area contributed by atoms with Gasteiger partial charge < -0.3 is 14.5 Å². The third-order valence-electron chi connectivity index (χ3n) is 3.07. The van der Waals surface area contributed by atoms with Crippen LogP contribution in [0.4, 0.5) is 0 Å². The number of aryl methyl sites for hydroxylation is 1. The highest BCUT2D eigenvalue weighted by Gasteiger charge is 2.06. The molecule has 1 amide bonds. The Bertz CT molecular complexity index is 534. The average molecular weight is 273 g/mol. The third-order valence-corrected chi connectivity index (χ3v) is 3.07. The standard InChI is InChI=1S/C16H19NO3/c1-19-12-14-6-3-2-5-13(14)11-17-16(18)9-8-15-7-4-10-20-15/h2-7,10H,8-9,11-12H2,1H3,(H,17,18). The maximum absolute atomic E-state index is 11.8. The van der Waals surface area contributed by atoms with E-state index >= 15 is 0 Å². The zero-order valence-corrected chi connectivity index (χ0v) is 11.6. The lowest BCUT2D eigenvalue weighted by atomic mass is 10.1. The number of ether oxygens (including phenoxy) is 1. The Morgan fingerprint density at radius 3 is 2.70 bits per heavy atom. The molecule has 0 atom stereocenters. The Kier molecular flexibility index (Phi) is 5.38. The summed E-state index contributed by atoms with van der Waals surface area (Å²) in [6.45, 7) is 1.08. The summed E-state index contributed by atoms with van der Waals surface area (Å²) in [7, 11) is 1.67. The van der Waals surface area contributed by atoms with Crippen LogP contribution in [0.5, 0.6) is 0 Å². The smallest absolute Gasteiger partial charge is 0.220 e. The molecule has 0 fully saturated rings. The second-order valence-electron chi connectivity index (χ2n) is 4.56. The van der Waals surface area contributed by atoms with Crippen molar-refractivity contribution in [1.29, 1.82) is 0 Å². The molecule has 0 radical (unpaired) electrons. The Labute approximate surface area is 118 Å². The predicted octanol–water partition coefficient (Wildman–Crippen LogP) is 2.68. The zero-order valence-electron chi connectivity index (χ0n) is 11.6. The van der Waals surface area contributed by atoms with Crippen LogP contribution in [-0.2, 0) is 29.1 Å². The second-order valence-corrected chi connectivity index (χ2v) is 4.56. The summed E-state index contributed by atoms with van der Waals surface area (Å²) < 4.78 is 10.3. The van der Waals surface area contributed by atoms with Crippen LogP contribution in [0, 0.1) is 0 Å². The van der Waals surface area contributed by atoms with Crippen molar-refractivity contribution in [3.8, 4) is 0 Å². The number of nitrogens with one attached hydrogen (secondary N) is 1. The van der Waals surface area contributed by atoms with Crippen molar-refractivity contribution >= 4 is 5.91 Å². The molecule has 2 aromatic rings. The van der Waals surface area contributed by atoms with Crippen molar-refractivity contribution in [3.05, 3.63) is 59.5 Å². The summed E-state index contributed by atoms with van der Waals surface area (Å²) >= 11 is 0. The Hall–Kier alpha value is -2.07. The van der Waals surface area contributed by atoms with Crippen molar-refractivity contribution in [2.45, 2.75) is 26.0 Å². The van der Waals surface area contributed by atoms with Gasteiger partial charge in [0.2, 0.25) is 5.91 Å². The highest BCUT2D eigenvalue weighted by Crippen LogP contribution is 2.10. The van der Waals surface area contributed by atoms with Gasteiger partial charge in [-0.3, -0.25) is 4.79 Å². The fraction of sp³-hybridized carbons (Fsp3) is 0.312. The number of carbonyl (C=O) groups is 1. The number of carbonyl (C=O) groups excluding carboxylic acids is 1. The summed E-state index contributed by atoms with van der Waals surface area (Å²) in [5, 5.41) is 2.92. The minimum atomic E-state index is 0.0219. The molecule has 1 heterocycles. The van der Waals surface area contributed by atoms with Crippen molar-refractivity contribution in [1.82, 2.24) is 5.32 Å². The molecule has 0 aliphatic rings. The lowest BCUT2D eigenvalue weighted by molar-refractivity contribution is -0.121. The number of hydrogen-bond donors (Lipinski definition) is 1. The van der Waals surface area contributed by atoms with E-state index in [4.69, 9.17) is 9.15 Å². The maximum Gasteiger partial charge on any atom is 0.220 e. The van der Waals surface area contributed by atoms with Gasteiger partial charge in [0.1, 0.15) is 5.76 Å². The van der Waals surface area contributed by atoms with Gasteiger partial charge in [0.05, 0.1) is 12.9 Å². The summed E-state index contributed by atoms with van der Waals surface area (Å²) in [5.41, 5.74) is 2.18. The van der Waals surface area contributed by atoms with E-state index in [1.54, 1.807) is 13.4 Å². The Balaban J connectivity index is 1.81. The molecule has 0 aliphatic carbocycles. The second kappa shape index (κ2) is 7.50. The van der Waals surface area contributed by atoms with Gasteiger partial charge in [0, 0.05) is 26.5 Å². The van der Waals surface area contributed by atoms with Crippen LogP contribution in [-0.4, -0.2) is 13.0 Å². The highest BCUT2D eigenvalue weighted by atomic mass is 16.5. The molecule has 1 aromatic heterocycles. The monoisotopic (exact) mass is 273 g/mol. The van der Waals surface area contributed by atoms with Crippen LogP contribution in [0.15, 0.2) is 47.1 Å². The van der Waals surface area contributed by atoms with E-state index < -0.39 is 0 Å². The average Bonchev–Trinajstić information content (AvgIpc) is 2.98. The van der Waals surface area contributed by atoms with Gasteiger partial charge in [-0.1, -0.05) is 24.3 Å². The van der Waals surface area contributed by atoms with Crippen molar-refractivity contribution in [2.75, 3.05) is 7.11 Å². The van der Waals surface area contributed by atoms with E-state index in [0.717, 1.165) is 16.9 Å². The molecule has 106 valence electrons. The van der Waals surface area contributed by atoms with Crippen LogP contribution in [0.2, 0.25) is 0 Å². The van der Waals surface area contributed by atoms with Crippen LogP contribution in [0.25, 0.3) is 0 Å². The van der Waals surface area contributed by atoms with E-state index in [2.05, 4.69) is 5.32 Å². The first-order valence-corrected chi connectivity index (χ1v) is 6.64. The maximum atomic E-state index is 11.8. The van der Waals surface area contributed by atoms with Crippen LogP contribution in [0.3, 0.4) is 0 Å². The molecule has 0 unspecified atom stereocenters. The molecule has 1 aromatic carbocycles. The van der Waals surface area contributed by atoms with Crippen molar-refractivity contribution in [2.24, 2.45) is 0 Å². The van der Waals surface area contributed by atoms with Crippen LogP contribution >= 0.6 is 0 Å². The summed E-state index contributed by atoms with van der Waals surface area (Å²) in [4.78, 5) is 11.8. The molecule has 0 saturated carbocycles. The summed E-state index contributed by atoms with van der Waals surface area (Å²) in [5.74, 6) is 0.855. The number of hydrogen-bond acceptors (Lipinski definition) is 3. The quantitative estimate of drug-likeness (QED) is 0.843. The van der Waals surface area contributed by atoms with Crippen molar-refractivity contribution < 1.29 is 13.9 Å². The summed E-state index contributed by atoms with van der Waals surface area (Å²) in [6.07, 6.45) is 2.67. The molecule has 20 heavy (non-hydrogen) atoms. The number of methoxy groups -OCH3 is 1. The lowest BCUT2D eigenvalue weighted by Gasteiger charge is -2.09. The van der Waals surface area contributed by atoms with E-state index in [0.29, 0.717) is 26.0 Å². The summed E-state index contributed by atoms with van der Waals surface area (Å²) in [6, 6.07) is 11.6. The first kappa shape index (κ1) is 14.3. The van der Waals surface area contributed by atoms with Gasteiger partial charge >= 0.3 is 0 Å². The molecular formula is C16H19NO3. The topological polar surface area (TPSA) is 51.5 Å². The van der Waals surface area contributed by atoms with Gasteiger partial charge in [-0.25, -0.2) is 0 Å². The molecule has 0 saturated heterocycles. The van der Waals surface area contributed by atoms with Gasteiger partial charge in [-0.15, -0.1) is 0 Å². The number of rotatable bonds is 7. The van der Waals surface area contributed by atoms with Gasteiger partial charge in [-0.2, -0.15) is 0 Å². The van der Waals surface area contributed by atoms with E-state index in [-0.39, 0.29) is 5.91 Å². The largest absolute Gasteiger partial charge is 0.469 e. The van der Waals surface area contributed by atoms with Gasteiger partial charge in [-0.05, 0) is 23.3 Å². The van der Waals surface area contributed by atoms with Crippen LogP contribution < -0.4 is 5.32 Å². The molecule has 4 nitrogen and oxygen atoms in total. The molecule has 0 aliphatic heterocycles. The minimum absolute atomic E-state index is 0.0219. The van der Waals surface area contributed by atoms with E-state index in [9.17, 15) is 4.79 Å². The number of amides is 1. The first-order chi connectivity index (χ1) is 9.79. The minimum Gasteiger partial charge on any atom is -0.469 e. The molecule has 4 heteroatoms.